The van der Waals surface area contributed by atoms with Crippen molar-refractivity contribution >= 4 is 12.3 Å². The van der Waals surface area contributed by atoms with E-state index in [0.29, 0.717) is 0 Å². The summed E-state index contributed by atoms with van der Waals surface area (Å²) in [7, 11) is 0. The molecule has 0 spiro atoms. The average Bonchev–Trinajstić information content (AvgIpc) is 2.33. The van der Waals surface area contributed by atoms with E-state index in [1.165, 1.54) is 6.39 Å². The van der Waals surface area contributed by atoms with Crippen molar-refractivity contribution in [2.45, 2.75) is 0 Å². The Morgan fingerprint density at radius 2 is 2.67 bits per heavy atom. The molecule has 0 aromatic carbocycles. The van der Waals surface area contributed by atoms with Crippen LogP contribution in [-0.4, -0.2) is 11.5 Å². The Morgan fingerprint density at radius 3 is 3.56 bits per heavy atom. The quantitative estimate of drug-likeness (QED) is 0.469. The van der Waals surface area contributed by atoms with E-state index < -0.39 is 0 Å². The Labute approximate surface area is 51.7 Å². The molecule has 9 heavy (non-hydrogen) atoms. The largest absolute Gasteiger partial charge is 0.444 e. The maximum absolute atomic E-state index is 5.02. The summed E-state index contributed by atoms with van der Waals surface area (Å²) in [6.07, 6.45) is 5.26. The van der Waals surface area contributed by atoms with E-state index in [1.807, 2.05) is 12.3 Å². The van der Waals surface area contributed by atoms with Crippen molar-refractivity contribution in [3.63, 3.8) is 0 Å². The first kappa shape index (κ1) is 4.61. The van der Waals surface area contributed by atoms with Gasteiger partial charge in [-0.1, -0.05) is 0 Å². The molecular formula is C6H6N2O. The standard InChI is InChI=1S/C6H6N2O/c1-2-7-3-5-6(1)9-4-8-5/h1,3-4,7H,2H2. The Kier molecular flexibility index (Phi) is 0.828. The highest BCUT2D eigenvalue weighted by molar-refractivity contribution is 5.31. The molecule has 46 valence electrons. The molecule has 1 aliphatic rings. The summed E-state index contributed by atoms with van der Waals surface area (Å²) in [4.78, 5) is 3.94. The van der Waals surface area contributed by atoms with Crippen LogP contribution in [0, 0.1) is 0 Å². The van der Waals surface area contributed by atoms with Gasteiger partial charge in [-0.15, -0.1) is 0 Å². The summed E-state index contributed by atoms with van der Waals surface area (Å²) in [6, 6.07) is 0. The predicted octanol–water partition coefficient (Wildman–Crippen LogP) is -1.20. The normalized spacial score (nSPS) is 14.7. The van der Waals surface area contributed by atoms with Crippen LogP contribution in [0.25, 0.3) is 12.3 Å². The van der Waals surface area contributed by atoms with Gasteiger partial charge in [0.2, 0.25) is 0 Å². The van der Waals surface area contributed by atoms with E-state index >= 15 is 0 Å². The topological polar surface area (TPSA) is 38.1 Å². The number of oxazole rings is 1. The van der Waals surface area contributed by atoms with Crippen molar-refractivity contribution in [3.8, 4) is 0 Å². The van der Waals surface area contributed by atoms with Crippen LogP contribution >= 0.6 is 0 Å². The van der Waals surface area contributed by atoms with Crippen LogP contribution in [0.4, 0.5) is 0 Å². The third-order valence-electron chi connectivity index (χ3n) is 1.27. The SMILES string of the molecule is C1=c2ncoc2=CCN1. The summed E-state index contributed by atoms with van der Waals surface area (Å²) in [6.45, 7) is 0.836. The van der Waals surface area contributed by atoms with Crippen molar-refractivity contribution < 1.29 is 4.42 Å². The van der Waals surface area contributed by atoms with Crippen molar-refractivity contribution in [3.05, 3.63) is 17.2 Å². The molecule has 1 aromatic rings. The molecule has 3 nitrogen and oxygen atoms in total. The highest BCUT2D eigenvalue weighted by Gasteiger charge is 1.92. The van der Waals surface area contributed by atoms with Crippen LogP contribution < -0.4 is 16.1 Å². The van der Waals surface area contributed by atoms with E-state index in [-0.39, 0.29) is 0 Å². The molecular weight excluding hydrogens is 116 g/mol. The van der Waals surface area contributed by atoms with Crippen LogP contribution in [0.1, 0.15) is 0 Å². The number of fused-ring (bicyclic) bond motifs is 1. The highest BCUT2D eigenvalue weighted by atomic mass is 16.3. The lowest BCUT2D eigenvalue weighted by atomic mass is 10.4. The molecule has 0 aliphatic carbocycles. The van der Waals surface area contributed by atoms with Gasteiger partial charge in [-0.05, 0) is 6.08 Å². The third-order valence-corrected chi connectivity index (χ3v) is 1.27. The lowest BCUT2D eigenvalue weighted by Gasteiger charge is -1.94. The van der Waals surface area contributed by atoms with Crippen LogP contribution in [0.3, 0.4) is 0 Å². The number of hydrogen-bond acceptors (Lipinski definition) is 3. The molecule has 1 N–H and O–H groups in total. The van der Waals surface area contributed by atoms with Crippen molar-refractivity contribution in [1.82, 2.24) is 10.3 Å². The number of nitrogens with zero attached hydrogens (tertiary/aromatic N) is 1. The molecule has 0 saturated heterocycles. The first-order chi connectivity index (χ1) is 4.47. The minimum Gasteiger partial charge on any atom is -0.444 e. The zero-order valence-corrected chi connectivity index (χ0v) is 4.79. The maximum Gasteiger partial charge on any atom is 0.182 e. The van der Waals surface area contributed by atoms with Gasteiger partial charge < -0.3 is 9.73 Å². The molecule has 2 heterocycles. The smallest absolute Gasteiger partial charge is 0.182 e. The second-order valence-electron chi connectivity index (χ2n) is 1.86. The lowest BCUT2D eigenvalue weighted by molar-refractivity contribution is 0.522. The number of aromatic nitrogens is 1. The third kappa shape index (κ3) is 0.614. The minimum absolute atomic E-state index is 0.836. The molecule has 3 heteroatoms. The van der Waals surface area contributed by atoms with Crippen molar-refractivity contribution in [2.75, 3.05) is 6.54 Å². The van der Waals surface area contributed by atoms with Gasteiger partial charge in [0, 0.05) is 12.7 Å². The fourth-order valence-electron chi connectivity index (χ4n) is 0.832. The molecule has 1 aromatic heterocycles. The summed E-state index contributed by atoms with van der Waals surface area (Å²) < 4.78 is 5.02. The van der Waals surface area contributed by atoms with Gasteiger partial charge in [0.25, 0.3) is 0 Å². The molecule has 0 amide bonds. The summed E-state index contributed by atoms with van der Waals surface area (Å²) in [5, 5.41) is 3.91. The molecule has 0 atom stereocenters. The van der Waals surface area contributed by atoms with Crippen LogP contribution in [0.2, 0.25) is 0 Å². The van der Waals surface area contributed by atoms with Crippen LogP contribution in [0.15, 0.2) is 10.8 Å². The number of nitrogens with one attached hydrogen (secondary N) is 1. The van der Waals surface area contributed by atoms with E-state index in [9.17, 15) is 0 Å². The van der Waals surface area contributed by atoms with Crippen LogP contribution in [-0.2, 0) is 0 Å². The predicted molar refractivity (Wildman–Crippen MR) is 32.7 cm³/mol. The van der Waals surface area contributed by atoms with E-state index in [4.69, 9.17) is 4.42 Å². The maximum atomic E-state index is 5.02. The Balaban J connectivity index is 2.89. The van der Waals surface area contributed by atoms with Gasteiger partial charge in [-0.2, -0.15) is 0 Å². The summed E-state index contributed by atoms with van der Waals surface area (Å²) in [5.41, 5.74) is 0.869. The second kappa shape index (κ2) is 1.62. The monoisotopic (exact) mass is 122 g/mol. The molecule has 0 saturated carbocycles. The van der Waals surface area contributed by atoms with E-state index in [1.54, 1.807) is 0 Å². The molecule has 0 unspecified atom stereocenters. The van der Waals surface area contributed by atoms with Gasteiger partial charge in [-0.25, -0.2) is 4.98 Å². The highest BCUT2D eigenvalue weighted by Crippen LogP contribution is 1.70. The molecule has 0 bridgehead atoms. The zero-order chi connectivity index (χ0) is 6.10. The number of rotatable bonds is 0. The Morgan fingerprint density at radius 1 is 1.67 bits per heavy atom. The van der Waals surface area contributed by atoms with Crippen LogP contribution in [0.5, 0.6) is 0 Å². The molecule has 0 fully saturated rings. The Bertz CT molecular complexity index is 282. The van der Waals surface area contributed by atoms with Crippen molar-refractivity contribution in [2.24, 2.45) is 0 Å². The van der Waals surface area contributed by atoms with Gasteiger partial charge in [0.1, 0.15) is 5.35 Å². The van der Waals surface area contributed by atoms with Gasteiger partial charge in [0.15, 0.2) is 11.8 Å². The van der Waals surface area contributed by atoms with Crippen molar-refractivity contribution in [1.29, 1.82) is 0 Å². The molecule has 2 rings (SSSR count). The van der Waals surface area contributed by atoms with E-state index in [0.717, 1.165) is 17.3 Å². The fourth-order valence-corrected chi connectivity index (χ4v) is 0.832. The molecule has 0 radical (unpaired) electrons. The van der Waals surface area contributed by atoms with Gasteiger partial charge in [-0.3, -0.25) is 0 Å². The fraction of sp³-hybridized carbons (Fsp3) is 0.167. The molecule has 1 aliphatic heterocycles. The first-order valence-electron chi connectivity index (χ1n) is 2.80. The summed E-state index contributed by atoms with van der Waals surface area (Å²) >= 11 is 0. The lowest BCUT2D eigenvalue weighted by Crippen LogP contribution is -2.31. The minimum atomic E-state index is 0.836. The second-order valence-corrected chi connectivity index (χ2v) is 1.86. The zero-order valence-electron chi connectivity index (χ0n) is 4.79. The summed E-state index contributed by atoms with van der Waals surface area (Å²) in [5.74, 6) is 0. The van der Waals surface area contributed by atoms with Gasteiger partial charge >= 0.3 is 0 Å². The van der Waals surface area contributed by atoms with Gasteiger partial charge in [0.05, 0.1) is 0 Å². The van der Waals surface area contributed by atoms with E-state index in [2.05, 4.69) is 10.3 Å². The Hall–Kier alpha value is -1.25. The first-order valence-corrected chi connectivity index (χ1v) is 2.80. The average molecular weight is 122 g/mol. The number of hydrogen-bond donors (Lipinski definition) is 1.